The van der Waals surface area contributed by atoms with Crippen molar-refractivity contribution < 1.29 is 14.9 Å². The Bertz CT molecular complexity index is 963. The van der Waals surface area contributed by atoms with E-state index in [9.17, 15) is 15.0 Å². The summed E-state index contributed by atoms with van der Waals surface area (Å²) in [4.78, 5) is 13.0. The zero-order chi connectivity index (χ0) is 19.2. The molecular weight excluding hydrogens is 342 g/mol. The second kappa shape index (κ2) is 8.62. The molecule has 1 heterocycles. The first kappa shape index (κ1) is 18.8. The zero-order valence-electron chi connectivity index (χ0n) is 15.5. The second-order valence-corrected chi connectivity index (χ2v) is 6.67. The molecule has 0 fully saturated rings. The lowest BCUT2D eigenvalue weighted by Crippen LogP contribution is -2.23. The third-order valence-electron chi connectivity index (χ3n) is 4.64. The number of ether oxygens (including phenoxy) is 1. The molecule has 142 valence electrons. The Balaban J connectivity index is 1.99. The maximum absolute atomic E-state index is 13.0. The number of phenolic OH excluding ortho intramolecular Hbond substituents is 1. The van der Waals surface area contributed by atoms with Crippen LogP contribution < -0.4 is 10.3 Å². The minimum Gasteiger partial charge on any atom is -0.508 e. The van der Waals surface area contributed by atoms with E-state index < -0.39 is 0 Å². The monoisotopic (exact) mass is 367 g/mol. The van der Waals surface area contributed by atoms with Crippen molar-refractivity contribution in [2.75, 3.05) is 0 Å². The maximum atomic E-state index is 13.0. The molecule has 0 aliphatic carbocycles. The van der Waals surface area contributed by atoms with Crippen molar-refractivity contribution in [3.63, 3.8) is 0 Å². The van der Waals surface area contributed by atoms with Crippen molar-refractivity contribution >= 4 is 10.9 Å². The zero-order valence-corrected chi connectivity index (χ0v) is 15.5. The van der Waals surface area contributed by atoms with Crippen molar-refractivity contribution in [2.24, 2.45) is 0 Å². The highest BCUT2D eigenvalue weighted by atomic mass is 16.5. The molecule has 0 aliphatic rings. The summed E-state index contributed by atoms with van der Waals surface area (Å²) in [7, 11) is 0. The van der Waals surface area contributed by atoms with Crippen LogP contribution in [0.25, 0.3) is 10.9 Å². The highest BCUT2D eigenvalue weighted by Crippen LogP contribution is 2.33. The van der Waals surface area contributed by atoms with Crippen LogP contribution in [0.2, 0.25) is 0 Å². The van der Waals surface area contributed by atoms with Crippen molar-refractivity contribution in [3.8, 4) is 17.2 Å². The van der Waals surface area contributed by atoms with Gasteiger partial charge in [-0.25, -0.2) is 0 Å². The number of aromatic nitrogens is 1. The van der Waals surface area contributed by atoms with E-state index in [2.05, 4.69) is 6.92 Å². The maximum Gasteiger partial charge on any atom is 0.297 e. The Morgan fingerprint density at radius 3 is 2.52 bits per heavy atom. The number of rotatable bonds is 8. The van der Waals surface area contributed by atoms with Gasteiger partial charge in [-0.15, -0.1) is 0 Å². The summed E-state index contributed by atoms with van der Waals surface area (Å²) in [6, 6.07) is 14.1. The van der Waals surface area contributed by atoms with Crippen molar-refractivity contribution in [3.05, 3.63) is 64.4 Å². The first-order valence-electron chi connectivity index (χ1n) is 9.37. The molecule has 0 saturated carbocycles. The molecule has 0 bridgehead atoms. The third kappa shape index (κ3) is 4.25. The third-order valence-corrected chi connectivity index (χ3v) is 4.64. The van der Waals surface area contributed by atoms with Crippen molar-refractivity contribution in [1.82, 2.24) is 4.57 Å². The quantitative estimate of drug-likeness (QED) is 0.572. The van der Waals surface area contributed by atoms with E-state index in [1.807, 2.05) is 30.3 Å². The molecule has 0 amide bonds. The van der Waals surface area contributed by atoms with Gasteiger partial charge < -0.3 is 19.5 Å². The van der Waals surface area contributed by atoms with E-state index in [1.165, 1.54) is 12.1 Å². The molecule has 3 rings (SSSR count). The number of fused-ring (bicyclic) bond motifs is 1. The highest BCUT2D eigenvalue weighted by Gasteiger charge is 2.18. The van der Waals surface area contributed by atoms with Gasteiger partial charge in [0.15, 0.2) is 5.75 Å². The molecule has 27 heavy (non-hydrogen) atoms. The van der Waals surface area contributed by atoms with Gasteiger partial charge in [0.1, 0.15) is 12.4 Å². The number of aryl methyl sites for hydroxylation is 1. The molecular formula is C22H25NO4. The minimum absolute atomic E-state index is 0.0486. The van der Waals surface area contributed by atoms with Crippen molar-refractivity contribution in [2.45, 2.75) is 45.8 Å². The Morgan fingerprint density at radius 1 is 1.00 bits per heavy atom. The number of hydrogen-bond donors (Lipinski definition) is 2. The highest BCUT2D eigenvalue weighted by molar-refractivity contribution is 5.88. The van der Waals surface area contributed by atoms with E-state index in [0.717, 1.165) is 31.2 Å². The molecule has 0 radical (unpaired) electrons. The summed E-state index contributed by atoms with van der Waals surface area (Å²) in [6.45, 7) is 2.85. The topological polar surface area (TPSA) is 71.7 Å². The van der Waals surface area contributed by atoms with Crippen LogP contribution in [0.1, 0.15) is 38.2 Å². The average Bonchev–Trinajstić information content (AvgIpc) is 2.68. The van der Waals surface area contributed by atoms with Crippen LogP contribution >= 0.6 is 0 Å². The predicted octanol–water partition coefficient (Wildman–Crippen LogP) is 4.57. The molecule has 3 aromatic rings. The van der Waals surface area contributed by atoms with Crippen LogP contribution in [0.15, 0.2) is 53.3 Å². The van der Waals surface area contributed by atoms with Crippen LogP contribution in [0.4, 0.5) is 0 Å². The van der Waals surface area contributed by atoms with Gasteiger partial charge in [-0.05, 0) is 24.1 Å². The molecule has 0 saturated heterocycles. The normalized spacial score (nSPS) is 11.0. The van der Waals surface area contributed by atoms with Crippen LogP contribution in [0, 0.1) is 0 Å². The number of nitrogens with zero attached hydrogens (tertiary/aromatic N) is 1. The largest absolute Gasteiger partial charge is 0.508 e. The lowest BCUT2D eigenvalue weighted by atomic mass is 10.1. The van der Waals surface area contributed by atoms with E-state index >= 15 is 0 Å². The van der Waals surface area contributed by atoms with Crippen LogP contribution in [-0.2, 0) is 13.2 Å². The molecule has 0 atom stereocenters. The number of pyridine rings is 1. The molecule has 0 aliphatic heterocycles. The van der Waals surface area contributed by atoms with E-state index in [4.69, 9.17) is 4.74 Å². The summed E-state index contributed by atoms with van der Waals surface area (Å²) in [5.74, 6) is -0.176. The molecule has 0 unspecified atom stereocenters. The SMILES string of the molecule is CCCCCCn1c(=O)c(OCc2ccccc2)c(O)c2ccc(O)cc21. The van der Waals surface area contributed by atoms with Gasteiger partial charge in [0.05, 0.1) is 5.52 Å². The van der Waals surface area contributed by atoms with E-state index in [-0.39, 0.29) is 29.4 Å². The summed E-state index contributed by atoms with van der Waals surface area (Å²) >= 11 is 0. The van der Waals surface area contributed by atoms with Gasteiger partial charge in [-0.2, -0.15) is 0 Å². The Labute approximate surface area is 158 Å². The number of benzene rings is 2. The summed E-state index contributed by atoms with van der Waals surface area (Å²) < 4.78 is 7.30. The molecule has 5 heteroatoms. The number of phenols is 1. The fraction of sp³-hybridized carbons (Fsp3) is 0.318. The van der Waals surface area contributed by atoms with Crippen LogP contribution in [0.3, 0.4) is 0 Å². The fourth-order valence-corrected chi connectivity index (χ4v) is 3.18. The minimum atomic E-state index is -0.377. The number of unbranched alkanes of at least 4 members (excludes halogenated alkanes) is 3. The predicted molar refractivity (Wildman–Crippen MR) is 106 cm³/mol. The summed E-state index contributed by atoms with van der Waals surface area (Å²) in [5.41, 5.74) is 1.05. The van der Waals surface area contributed by atoms with Gasteiger partial charge in [-0.1, -0.05) is 56.5 Å². The lowest BCUT2D eigenvalue weighted by Gasteiger charge is -2.16. The lowest BCUT2D eigenvalue weighted by molar-refractivity contribution is 0.283. The fourth-order valence-electron chi connectivity index (χ4n) is 3.18. The molecule has 5 nitrogen and oxygen atoms in total. The molecule has 0 spiro atoms. The Morgan fingerprint density at radius 2 is 1.78 bits per heavy atom. The number of hydrogen-bond acceptors (Lipinski definition) is 4. The van der Waals surface area contributed by atoms with Gasteiger partial charge in [0.25, 0.3) is 5.56 Å². The van der Waals surface area contributed by atoms with Gasteiger partial charge >= 0.3 is 0 Å². The smallest absolute Gasteiger partial charge is 0.297 e. The Hall–Kier alpha value is -2.95. The standard InChI is InChI=1S/C22H25NO4/c1-2-3-4-8-13-23-19-14-17(24)11-12-18(19)20(25)21(22(23)26)27-15-16-9-6-5-7-10-16/h5-7,9-12,14,24-25H,2-4,8,13,15H2,1H3. The summed E-state index contributed by atoms with van der Waals surface area (Å²) in [6.07, 6.45) is 4.08. The summed E-state index contributed by atoms with van der Waals surface area (Å²) in [5, 5.41) is 20.9. The van der Waals surface area contributed by atoms with E-state index in [1.54, 1.807) is 10.6 Å². The van der Waals surface area contributed by atoms with Gasteiger partial charge in [0, 0.05) is 18.0 Å². The first-order valence-corrected chi connectivity index (χ1v) is 9.37. The van der Waals surface area contributed by atoms with Crippen LogP contribution in [0.5, 0.6) is 17.2 Å². The first-order chi connectivity index (χ1) is 13.1. The van der Waals surface area contributed by atoms with Gasteiger partial charge in [-0.3, -0.25) is 4.79 Å². The second-order valence-electron chi connectivity index (χ2n) is 6.67. The van der Waals surface area contributed by atoms with Crippen LogP contribution in [-0.4, -0.2) is 14.8 Å². The van der Waals surface area contributed by atoms with Gasteiger partial charge in [0.2, 0.25) is 5.75 Å². The molecule has 2 N–H and O–H groups in total. The molecule has 2 aromatic carbocycles. The van der Waals surface area contributed by atoms with Crippen molar-refractivity contribution in [1.29, 1.82) is 0 Å². The molecule has 1 aromatic heterocycles. The Kier molecular flexibility index (Phi) is 6.01. The van der Waals surface area contributed by atoms with E-state index in [0.29, 0.717) is 17.4 Å². The number of aromatic hydroxyl groups is 2. The average molecular weight is 367 g/mol.